The minimum atomic E-state index is -1.54. The van der Waals surface area contributed by atoms with E-state index in [4.69, 9.17) is 10.8 Å². The number of carbonyl (C=O) groups excluding carboxylic acids is 7. The van der Waals surface area contributed by atoms with Gasteiger partial charge in [-0.25, -0.2) is 4.98 Å². The molecule has 43 heavy (non-hydrogen) atoms. The number of imidazole rings is 1. The highest BCUT2D eigenvalue weighted by Gasteiger charge is 2.32. The third-order valence-electron chi connectivity index (χ3n) is 6.08. The fourth-order valence-electron chi connectivity index (χ4n) is 3.62. The fourth-order valence-corrected chi connectivity index (χ4v) is 3.62. The molecule has 0 saturated carbocycles. The summed E-state index contributed by atoms with van der Waals surface area (Å²) >= 11 is 0. The molecular weight excluding hydrogens is 570 g/mol. The number of nitrogens with zero attached hydrogens (tertiary/aromatic N) is 1. The van der Waals surface area contributed by atoms with Crippen LogP contribution in [0.1, 0.15) is 40.3 Å². The summed E-state index contributed by atoms with van der Waals surface area (Å²) in [6.07, 6.45) is 2.81. The van der Waals surface area contributed by atoms with Gasteiger partial charge in [-0.05, 0) is 19.8 Å². The van der Waals surface area contributed by atoms with Crippen molar-refractivity contribution in [3.8, 4) is 0 Å². The molecule has 0 saturated heterocycles. The van der Waals surface area contributed by atoms with E-state index in [0.717, 1.165) is 0 Å². The quantitative estimate of drug-likeness (QED) is 0.0800. The Hall–Kier alpha value is -4.58. The van der Waals surface area contributed by atoms with Crippen LogP contribution in [-0.4, -0.2) is 111 Å². The van der Waals surface area contributed by atoms with E-state index in [1.807, 2.05) is 0 Å². The van der Waals surface area contributed by atoms with Crippen molar-refractivity contribution in [2.45, 2.75) is 77.3 Å². The van der Waals surface area contributed by atoms with Gasteiger partial charge < -0.3 is 52.8 Å². The molecule has 0 aromatic carbocycles. The van der Waals surface area contributed by atoms with Crippen LogP contribution in [0.2, 0.25) is 0 Å². The maximum Gasteiger partial charge on any atom is 0.245 e. The molecule has 0 unspecified atom stereocenters. The van der Waals surface area contributed by atoms with E-state index in [-0.39, 0.29) is 6.42 Å². The Bertz CT molecular complexity index is 1140. The number of aliphatic hydroxyl groups excluding tert-OH is 2. The monoisotopic (exact) mass is 611 g/mol. The molecule has 0 aliphatic heterocycles. The van der Waals surface area contributed by atoms with Crippen LogP contribution in [0.25, 0.3) is 0 Å². The zero-order valence-corrected chi connectivity index (χ0v) is 24.6. The highest BCUT2D eigenvalue weighted by Crippen LogP contribution is 2.05. The Morgan fingerprint density at radius 1 is 0.744 bits per heavy atom. The lowest BCUT2D eigenvalue weighted by Crippen LogP contribution is -2.61. The first-order valence-corrected chi connectivity index (χ1v) is 13.4. The van der Waals surface area contributed by atoms with Crippen molar-refractivity contribution in [3.05, 3.63) is 18.2 Å². The number of rotatable bonds is 17. The number of amides is 7. The molecule has 1 heterocycles. The normalized spacial score (nSPS) is 15.1. The van der Waals surface area contributed by atoms with E-state index in [1.54, 1.807) is 13.8 Å². The van der Waals surface area contributed by atoms with E-state index in [2.05, 4.69) is 41.9 Å². The number of nitrogens with two attached hydrogens (primary N) is 1. The summed E-state index contributed by atoms with van der Waals surface area (Å²) in [6.45, 7) is 5.54. The average Bonchev–Trinajstić information content (AvgIpc) is 3.44. The lowest BCUT2D eigenvalue weighted by molar-refractivity contribution is -0.136. The van der Waals surface area contributed by atoms with Gasteiger partial charge in [-0.1, -0.05) is 13.8 Å². The van der Waals surface area contributed by atoms with Crippen molar-refractivity contribution >= 4 is 41.4 Å². The standard InChI is InChI=1S/C25H41N9O9/c1-11(2)19(25(43)33-18(9-36)24(42)32-17(8-35)20(26)38)34-22(40)13(4)30-23(41)16(6-15-7-27-10-28-15)31-21(39)12(3)29-14(5)37/h7,10-13,16-19,35-36H,6,8-9H2,1-5H3,(H2,26,38)(H,27,28)(H,29,37)(H,30,41)(H,31,39)(H,32,42)(H,33,43)(H,34,40)/t12-,13-,16-,17-,18-,19-/m0/s1. The average molecular weight is 612 g/mol. The Morgan fingerprint density at radius 2 is 1.26 bits per heavy atom. The summed E-state index contributed by atoms with van der Waals surface area (Å²) < 4.78 is 0. The fraction of sp³-hybridized carbons (Fsp3) is 0.600. The van der Waals surface area contributed by atoms with Crippen LogP contribution in [0.3, 0.4) is 0 Å². The number of nitrogens with one attached hydrogen (secondary N) is 7. The molecule has 11 N–H and O–H groups in total. The third kappa shape index (κ3) is 12.0. The van der Waals surface area contributed by atoms with Gasteiger partial charge in [0, 0.05) is 25.2 Å². The molecule has 1 aromatic rings. The van der Waals surface area contributed by atoms with Gasteiger partial charge in [0.15, 0.2) is 0 Å². The zero-order chi connectivity index (χ0) is 32.9. The molecule has 6 atom stereocenters. The number of hydrogen-bond acceptors (Lipinski definition) is 10. The summed E-state index contributed by atoms with van der Waals surface area (Å²) in [4.78, 5) is 93.3. The highest BCUT2D eigenvalue weighted by molar-refractivity contribution is 5.96. The van der Waals surface area contributed by atoms with Gasteiger partial charge in [-0.2, -0.15) is 0 Å². The first-order chi connectivity index (χ1) is 20.1. The van der Waals surface area contributed by atoms with Crippen LogP contribution in [0.4, 0.5) is 0 Å². The van der Waals surface area contributed by atoms with Gasteiger partial charge in [-0.3, -0.25) is 33.6 Å². The van der Waals surface area contributed by atoms with Crippen LogP contribution >= 0.6 is 0 Å². The molecule has 7 amide bonds. The lowest BCUT2D eigenvalue weighted by Gasteiger charge is -2.27. The molecule has 1 rings (SSSR count). The van der Waals surface area contributed by atoms with Crippen LogP contribution in [-0.2, 0) is 40.0 Å². The summed E-state index contributed by atoms with van der Waals surface area (Å²) in [6, 6.07) is -7.53. The summed E-state index contributed by atoms with van der Waals surface area (Å²) in [5.41, 5.74) is 5.57. The van der Waals surface area contributed by atoms with Crippen LogP contribution in [0.15, 0.2) is 12.5 Å². The Morgan fingerprint density at radius 3 is 1.74 bits per heavy atom. The molecule has 18 heteroatoms. The molecule has 0 fully saturated rings. The predicted molar refractivity (Wildman–Crippen MR) is 149 cm³/mol. The summed E-state index contributed by atoms with van der Waals surface area (Å²) in [5.74, 6) is -6.02. The van der Waals surface area contributed by atoms with E-state index < -0.39 is 96.7 Å². The number of H-pyrrole nitrogens is 1. The van der Waals surface area contributed by atoms with Crippen molar-refractivity contribution in [2.75, 3.05) is 13.2 Å². The molecule has 0 radical (unpaired) electrons. The van der Waals surface area contributed by atoms with Crippen LogP contribution < -0.4 is 37.6 Å². The smallest absolute Gasteiger partial charge is 0.245 e. The first kappa shape index (κ1) is 36.4. The number of aromatic nitrogens is 2. The number of hydrogen-bond donors (Lipinski definition) is 10. The van der Waals surface area contributed by atoms with Crippen molar-refractivity contribution in [3.63, 3.8) is 0 Å². The zero-order valence-electron chi connectivity index (χ0n) is 24.6. The van der Waals surface area contributed by atoms with Crippen molar-refractivity contribution in [2.24, 2.45) is 11.7 Å². The van der Waals surface area contributed by atoms with Gasteiger partial charge in [0.2, 0.25) is 41.4 Å². The minimum Gasteiger partial charge on any atom is -0.394 e. The van der Waals surface area contributed by atoms with Crippen molar-refractivity contribution < 1.29 is 43.8 Å². The largest absolute Gasteiger partial charge is 0.394 e. The second-order valence-electron chi connectivity index (χ2n) is 10.1. The highest BCUT2D eigenvalue weighted by atomic mass is 16.3. The molecule has 18 nitrogen and oxygen atoms in total. The number of carbonyl (C=O) groups is 7. The molecule has 0 spiro atoms. The lowest BCUT2D eigenvalue weighted by atomic mass is 10.0. The van der Waals surface area contributed by atoms with Gasteiger partial charge in [0.1, 0.15) is 36.3 Å². The number of primary amides is 1. The second kappa shape index (κ2) is 17.4. The number of aliphatic hydroxyl groups is 2. The topological polar surface area (TPSA) is 287 Å². The molecule has 240 valence electrons. The van der Waals surface area contributed by atoms with Crippen molar-refractivity contribution in [1.29, 1.82) is 0 Å². The van der Waals surface area contributed by atoms with E-state index >= 15 is 0 Å². The van der Waals surface area contributed by atoms with E-state index in [1.165, 1.54) is 33.3 Å². The third-order valence-corrected chi connectivity index (χ3v) is 6.08. The SMILES string of the molecule is CC(=O)N[C@@H](C)C(=O)N[C@@H](Cc1cnc[nH]1)C(=O)N[C@@H](C)C(=O)N[C@H](C(=O)N[C@@H](CO)C(=O)N[C@@H](CO)C(N)=O)C(C)C. The van der Waals surface area contributed by atoms with Crippen molar-refractivity contribution in [1.82, 2.24) is 41.9 Å². The first-order valence-electron chi connectivity index (χ1n) is 13.4. The second-order valence-corrected chi connectivity index (χ2v) is 10.1. The summed E-state index contributed by atoms with van der Waals surface area (Å²) in [7, 11) is 0. The Balaban J connectivity index is 2.94. The minimum absolute atomic E-state index is 0.0206. The Kier molecular flexibility index (Phi) is 14.7. The maximum atomic E-state index is 13.1. The number of aromatic amines is 1. The molecular formula is C25H41N9O9. The molecule has 0 bridgehead atoms. The van der Waals surface area contributed by atoms with Crippen LogP contribution in [0, 0.1) is 5.92 Å². The van der Waals surface area contributed by atoms with Gasteiger partial charge in [0.25, 0.3) is 0 Å². The van der Waals surface area contributed by atoms with E-state index in [0.29, 0.717) is 5.69 Å². The predicted octanol–water partition coefficient (Wildman–Crippen LogP) is -4.95. The Labute approximate surface area is 247 Å². The van der Waals surface area contributed by atoms with Crippen LogP contribution in [0.5, 0.6) is 0 Å². The van der Waals surface area contributed by atoms with Gasteiger partial charge >= 0.3 is 0 Å². The molecule has 0 aliphatic carbocycles. The molecule has 0 aliphatic rings. The van der Waals surface area contributed by atoms with E-state index in [9.17, 15) is 38.7 Å². The maximum absolute atomic E-state index is 13.1. The summed E-state index contributed by atoms with van der Waals surface area (Å²) in [5, 5.41) is 33.0. The van der Waals surface area contributed by atoms with Gasteiger partial charge in [-0.15, -0.1) is 0 Å². The molecule has 1 aromatic heterocycles. The van der Waals surface area contributed by atoms with Gasteiger partial charge in [0.05, 0.1) is 19.5 Å².